The zero-order chi connectivity index (χ0) is 18.2. The normalized spacial score (nSPS) is 13.3. The molecule has 6 nitrogen and oxygen atoms in total. The van der Waals surface area contributed by atoms with Gasteiger partial charge >= 0.3 is 0 Å². The monoisotopic (exact) mass is 378 g/mol. The van der Waals surface area contributed by atoms with E-state index in [9.17, 15) is 18.0 Å². The summed E-state index contributed by atoms with van der Waals surface area (Å²) in [7, 11) is -3.54. The SMILES string of the molecule is CS(=O)(=O)c1cc(NC(=O)Cc2ccccc2Cl)cc2c1CNC2=O. The number of anilines is 1. The predicted molar refractivity (Wildman–Crippen MR) is 94.5 cm³/mol. The van der Waals surface area contributed by atoms with Crippen molar-refractivity contribution in [2.75, 3.05) is 11.6 Å². The van der Waals surface area contributed by atoms with Crippen molar-refractivity contribution in [3.8, 4) is 0 Å². The average Bonchev–Trinajstić information content (AvgIpc) is 2.89. The fourth-order valence-electron chi connectivity index (χ4n) is 2.72. The molecule has 0 saturated carbocycles. The smallest absolute Gasteiger partial charge is 0.252 e. The minimum Gasteiger partial charge on any atom is -0.348 e. The van der Waals surface area contributed by atoms with Crippen LogP contribution in [0.1, 0.15) is 21.5 Å². The molecule has 0 aliphatic carbocycles. The molecule has 2 aromatic rings. The summed E-state index contributed by atoms with van der Waals surface area (Å²) in [4.78, 5) is 24.2. The Balaban J connectivity index is 1.91. The van der Waals surface area contributed by atoms with Gasteiger partial charge in [0.2, 0.25) is 5.91 Å². The van der Waals surface area contributed by atoms with Crippen molar-refractivity contribution >= 4 is 38.9 Å². The number of hydrogen-bond donors (Lipinski definition) is 2. The fourth-order valence-corrected chi connectivity index (χ4v) is 3.89. The molecule has 3 rings (SSSR count). The van der Waals surface area contributed by atoms with Crippen molar-refractivity contribution < 1.29 is 18.0 Å². The maximum Gasteiger partial charge on any atom is 0.252 e. The van der Waals surface area contributed by atoms with E-state index in [4.69, 9.17) is 11.6 Å². The molecule has 2 aromatic carbocycles. The third-order valence-electron chi connectivity index (χ3n) is 3.87. The lowest BCUT2D eigenvalue weighted by molar-refractivity contribution is -0.115. The molecule has 0 aromatic heterocycles. The minimum atomic E-state index is -3.54. The number of benzene rings is 2. The maximum absolute atomic E-state index is 12.3. The van der Waals surface area contributed by atoms with E-state index in [1.54, 1.807) is 24.3 Å². The van der Waals surface area contributed by atoms with Gasteiger partial charge in [0.15, 0.2) is 9.84 Å². The van der Waals surface area contributed by atoms with Gasteiger partial charge in [-0.1, -0.05) is 29.8 Å². The Morgan fingerprint density at radius 1 is 1.28 bits per heavy atom. The molecule has 8 heteroatoms. The summed E-state index contributed by atoms with van der Waals surface area (Å²) in [5.41, 5.74) is 1.60. The number of nitrogens with one attached hydrogen (secondary N) is 2. The van der Waals surface area contributed by atoms with E-state index in [-0.39, 0.29) is 40.9 Å². The summed E-state index contributed by atoms with van der Waals surface area (Å²) in [5.74, 6) is -0.715. The molecule has 0 atom stereocenters. The van der Waals surface area contributed by atoms with E-state index >= 15 is 0 Å². The molecule has 1 aliphatic heterocycles. The highest BCUT2D eigenvalue weighted by Crippen LogP contribution is 2.28. The second kappa shape index (κ2) is 6.50. The first kappa shape index (κ1) is 17.4. The lowest BCUT2D eigenvalue weighted by Crippen LogP contribution is -2.16. The van der Waals surface area contributed by atoms with Crippen LogP contribution < -0.4 is 10.6 Å². The standard InChI is InChI=1S/C17H15ClN2O4S/c1-25(23,24)15-8-11(7-12-13(15)9-19-17(12)22)20-16(21)6-10-4-2-3-5-14(10)18/h2-5,7-8H,6,9H2,1H3,(H,19,22)(H,20,21). The molecule has 0 unspecified atom stereocenters. The van der Waals surface area contributed by atoms with E-state index in [1.165, 1.54) is 12.1 Å². The topological polar surface area (TPSA) is 92.3 Å². The van der Waals surface area contributed by atoms with E-state index in [0.29, 0.717) is 16.1 Å². The number of hydrogen-bond acceptors (Lipinski definition) is 4. The quantitative estimate of drug-likeness (QED) is 0.852. The van der Waals surface area contributed by atoms with Gasteiger partial charge in [0.1, 0.15) is 0 Å². The van der Waals surface area contributed by atoms with Crippen LogP contribution in [0.4, 0.5) is 5.69 Å². The van der Waals surface area contributed by atoms with E-state index < -0.39 is 9.84 Å². The molecule has 0 radical (unpaired) electrons. The van der Waals surface area contributed by atoms with E-state index in [0.717, 1.165) is 6.26 Å². The molecule has 0 spiro atoms. The van der Waals surface area contributed by atoms with Gasteiger partial charge in [-0.3, -0.25) is 9.59 Å². The molecule has 1 heterocycles. The maximum atomic E-state index is 12.3. The first-order valence-electron chi connectivity index (χ1n) is 7.44. The van der Waals surface area contributed by atoms with Crippen LogP contribution in [0.25, 0.3) is 0 Å². The summed E-state index contributed by atoms with van der Waals surface area (Å²) in [6.45, 7) is 0.157. The number of carbonyl (C=O) groups excluding carboxylic acids is 2. The third-order valence-corrected chi connectivity index (χ3v) is 5.40. The van der Waals surface area contributed by atoms with Crippen molar-refractivity contribution in [3.63, 3.8) is 0 Å². The van der Waals surface area contributed by atoms with Crippen molar-refractivity contribution in [2.45, 2.75) is 17.9 Å². The minimum absolute atomic E-state index is 0.0383. The van der Waals surface area contributed by atoms with E-state index in [2.05, 4.69) is 10.6 Å². The van der Waals surface area contributed by atoms with E-state index in [1.807, 2.05) is 0 Å². The highest BCUT2D eigenvalue weighted by molar-refractivity contribution is 7.90. The van der Waals surface area contributed by atoms with Crippen LogP contribution in [0, 0.1) is 0 Å². The van der Waals surface area contributed by atoms with Crippen LogP contribution in [0.2, 0.25) is 5.02 Å². The van der Waals surface area contributed by atoms with Gasteiger partial charge in [0.05, 0.1) is 11.3 Å². The lowest BCUT2D eigenvalue weighted by Gasteiger charge is -2.11. The van der Waals surface area contributed by atoms with Crippen LogP contribution in [-0.4, -0.2) is 26.5 Å². The highest BCUT2D eigenvalue weighted by Gasteiger charge is 2.27. The number of carbonyl (C=O) groups is 2. The van der Waals surface area contributed by atoms with Gasteiger partial charge in [-0.05, 0) is 23.8 Å². The predicted octanol–water partition coefficient (Wildman–Crippen LogP) is 2.17. The van der Waals surface area contributed by atoms with Crippen LogP contribution in [0.5, 0.6) is 0 Å². The van der Waals surface area contributed by atoms with Crippen molar-refractivity contribution in [1.29, 1.82) is 0 Å². The van der Waals surface area contributed by atoms with Crippen molar-refractivity contribution in [3.05, 3.63) is 58.1 Å². The zero-order valence-electron chi connectivity index (χ0n) is 13.3. The molecule has 0 saturated heterocycles. The summed E-state index contributed by atoms with van der Waals surface area (Å²) in [5, 5.41) is 5.70. The second-order valence-corrected chi connectivity index (χ2v) is 8.16. The van der Waals surface area contributed by atoms with Gasteiger partial charge in [0.25, 0.3) is 5.91 Å². The lowest BCUT2D eigenvalue weighted by atomic mass is 10.1. The van der Waals surface area contributed by atoms with Crippen molar-refractivity contribution in [1.82, 2.24) is 5.32 Å². The van der Waals surface area contributed by atoms with Crippen LogP contribution in [0.3, 0.4) is 0 Å². The number of sulfone groups is 1. The Labute approximate surface area is 150 Å². The molecule has 25 heavy (non-hydrogen) atoms. The highest BCUT2D eigenvalue weighted by atomic mass is 35.5. The average molecular weight is 379 g/mol. The summed E-state index contributed by atoms with van der Waals surface area (Å²) in [6.07, 6.45) is 1.11. The first-order chi connectivity index (χ1) is 11.8. The summed E-state index contributed by atoms with van der Waals surface area (Å²) in [6, 6.07) is 9.82. The zero-order valence-corrected chi connectivity index (χ0v) is 14.9. The molecular formula is C17H15ClN2O4S. The van der Waals surface area contributed by atoms with Gasteiger partial charge in [-0.25, -0.2) is 8.42 Å². The number of halogens is 1. The van der Waals surface area contributed by atoms with Crippen LogP contribution in [-0.2, 0) is 27.6 Å². The summed E-state index contributed by atoms with van der Waals surface area (Å²) >= 11 is 6.04. The molecule has 1 aliphatic rings. The van der Waals surface area contributed by atoms with Gasteiger partial charge < -0.3 is 10.6 Å². The molecule has 130 valence electrons. The van der Waals surface area contributed by atoms with Crippen LogP contribution in [0.15, 0.2) is 41.3 Å². The van der Waals surface area contributed by atoms with Gasteiger partial charge in [-0.15, -0.1) is 0 Å². The largest absolute Gasteiger partial charge is 0.348 e. The van der Waals surface area contributed by atoms with Gasteiger partial charge in [-0.2, -0.15) is 0 Å². The Hall–Kier alpha value is -2.38. The molecular weight excluding hydrogens is 364 g/mol. The Morgan fingerprint density at radius 3 is 2.68 bits per heavy atom. The molecule has 2 N–H and O–H groups in total. The Bertz CT molecular complexity index is 986. The molecule has 0 bridgehead atoms. The second-order valence-electron chi connectivity index (χ2n) is 5.77. The van der Waals surface area contributed by atoms with Crippen molar-refractivity contribution in [2.24, 2.45) is 0 Å². The fraction of sp³-hybridized carbons (Fsp3) is 0.176. The third kappa shape index (κ3) is 3.67. The Morgan fingerprint density at radius 2 is 2.00 bits per heavy atom. The van der Waals surface area contributed by atoms with Gasteiger partial charge in [0, 0.05) is 34.6 Å². The van der Waals surface area contributed by atoms with Crippen LogP contribution >= 0.6 is 11.6 Å². The molecule has 0 fully saturated rings. The number of fused-ring (bicyclic) bond motifs is 1. The first-order valence-corrected chi connectivity index (χ1v) is 9.71. The molecule has 2 amide bonds. The number of amides is 2. The summed E-state index contributed by atoms with van der Waals surface area (Å²) < 4.78 is 24.0. The Kier molecular flexibility index (Phi) is 4.53. The number of rotatable bonds is 4.